The molecule has 0 unspecified atom stereocenters. The van der Waals surface area contributed by atoms with Crippen LogP contribution in [0.1, 0.15) is 30.5 Å². The van der Waals surface area contributed by atoms with Crippen molar-refractivity contribution >= 4 is 17.7 Å². The van der Waals surface area contributed by atoms with Gasteiger partial charge in [0.15, 0.2) is 0 Å². The van der Waals surface area contributed by atoms with Gasteiger partial charge in [-0.2, -0.15) is 0 Å². The van der Waals surface area contributed by atoms with Crippen LogP contribution in [0.2, 0.25) is 0 Å². The minimum absolute atomic E-state index is 0.0913. The van der Waals surface area contributed by atoms with E-state index in [2.05, 4.69) is 5.32 Å². The van der Waals surface area contributed by atoms with Gasteiger partial charge in [0.05, 0.1) is 6.04 Å². The van der Waals surface area contributed by atoms with Crippen LogP contribution in [0.3, 0.4) is 0 Å². The molecule has 0 spiro atoms. The maximum absolute atomic E-state index is 14.2. The second-order valence-corrected chi connectivity index (χ2v) is 10.1. The van der Waals surface area contributed by atoms with Crippen LogP contribution in [0.5, 0.6) is 5.75 Å². The minimum atomic E-state index is -1.000. The molecule has 0 aliphatic rings. The first-order valence-electron chi connectivity index (χ1n) is 13.2. The van der Waals surface area contributed by atoms with Crippen molar-refractivity contribution in [1.82, 2.24) is 10.2 Å². The number of nitrogens with zero attached hydrogens (tertiary/aromatic N) is 1. The molecular formula is C31H38N4O4. The van der Waals surface area contributed by atoms with E-state index in [9.17, 15) is 19.5 Å². The highest BCUT2D eigenvalue weighted by Gasteiger charge is 2.34. The van der Waals surface area contributed by atoms with Gasteiger partial charge in [-0.25, -0.2) is 0 Å². The quantitative estimate of drug-likeness (QED) is 0.269. The second kappa shape index (κ2) is 14.1. The van der Waals surface area contributed by atoms with Crippen molar-refractivity contribution in [3.05, 3.63) is 102 Å². The second-order valence-electron chi connectivity index (χ2n) is 10.1. The molecular weight excluding hydrogens is 492 g/mol. The van der Waals surface area contributed by atoms with Crippen LogP contribution < -0.4 is 16.8 Å². The average Bonchev–Trinajstić information content (AvgIpc) is 2.93. The lowest BCUT2D eigenvalue weighted by Crippen LogP contribution is -2.59. The molecule has 0 saturated heterocycles. The van der Waals surface area contributed by atoms with Crippen molar-refractivity contribution < 1.29 is 19.5 Å². The van der Waals surface area contributed by atoms with Crippen molar-refractivity contribution in [1.29, 1.82) is 0 Å². The summed E-state index contributed by atoms with van der Waals surface area (Å²) >= 11 is 0. The number of carbonyl (C=O) groups excluding carboxylic acids is 3. The normalized spacial score (nSPS) is 13.3. The van der Waals surface area contributed by atoms with Crippen molar-refractivity contribution in [3.63, 3.8) is 0 Å². The summed E-state index contributed by atoms with van der Waals surface area (Å²) in [6, 6.07) is 22.7. The van der Waals surface area contributed by atoms with Gasteiger partial charge < -0.3 is 26.8 Å². The monoisotopic (exact) mass is 530 g/mol. The van der Waals surface area contributed by atoms with Crippen molar-refractivity contribution in [2.24, 2.45) is 17.4 Å². The molecule has 8 heteroatoms. The Hall–Kier alpha value is -4.17. The molecule has 0 saturated carbocycles. The van der Waals surface area contributed by atoms with Crippen molar-refractivity contribution in [2.45, 2.75) is 51.2 Å². The summed E-state index contributed by atoms with van der Waals surface area (Å²) in [6.45, 7) is 3.88. The number of nitrogens with two attached hydrogens (primary N) is 2. The molecule has 0 aromatic heterocycles. The van der Waals surface area contributed by atoms with Gasteiger partial charge in [0.1, 0.15) is 17.8 Å². The van der Waals surface area contributed by atoms with E-state index in [1.54, 1.807) is 12.1 Å². The molecule has 0 aliphatic carbocycles. The topological polar surface area (TPSA) is 139 Å². The number of benzene rings is 3. The molecule has 8 nitrogen and oxygen atoms in total. The van der Waals surface area contributed by atoms with Crippen LogP contribution in [0.15, 0.2) is 84.9 Å². The van der Waals surface area contributed by atoms with Gasteiger partial charge >= 0.3 is 0 Å². The van der Waals surface area contributed by atoms with Gasteiger partial charge in [0.2, 0.25) is 17.7 Å². The predicted molar refractivity (Wildman–Crippen MR) is 152 cm³/mol. The van der Waals surface area contributed by atoms with Gasteiger partial charge in [0.25, 0.3) is 0 Å². The molecule has 6 N–H and O–H groups in total. The van der Waals surface area contributed by atoms with Gasteiger partial charge in [-0.3, -0.25) is 14.4 Å². The van der Waals surface area contributed by atoms with E-state index >= 15 is 0 Å². The third-order valence-electron chi connectivity index (χ3n) is 6.76. The van der Waals surface area contributed by atoms with E-state index in [4.69, 9.17) is 11.5 Å². The van der Waals surface area contributed by atoms with Crippen molar-refractivity contribution in [2.75, 3.05) is 6.54 Å². The highest BCUT2D eigenvalue weighted by atomic mass is 16.3. The lowest BCUT2D eigenvalue weighted by molar-refractivity contribution is -0.142. The number of phenolic OH excluding ortho intramolecular Hbond substituents is 1. The maximum atomic E-state index is 14.2. The van der Waals surface area contributed by atoms with Crippen molar-refractivity contribution in [3.8, 4) is 5.75 Å². The summed E-state index contributed by atoms with van der Waals surface area (Å²) in [4.78, 5) is 41.5. The first kappa shape index (κ1) is 29.4. The number of carbonyl (C=O) groups is 3. The Morgan fingerprint density at radius 2 is 1.36 bits per heavy atom. The number of rotatable bonds is 13. The zero-order valence-electron chi connectivity index (χ0n) is 22.5. The van der Waals surface area contributed by atoms with Gasteiger partial charge in [-0.05, 0) is 41.2 Å². The fourth-order valence-electron chi connectivity index (χ4n) is 4.35. The molecule has 0 aliphatic heterocycles. The third kappa shape index (κ3) is 8.68. The Morgan fingerprint density at radius 3 is 1.90 bits per heavy atom. The smallest absolute Gasteiger partial charge is 0.246 e. The van der Waals surface area contributed by atoms with Gasteiger partial charge in [-0.1, -0.05) is 86.6 Å². The largest absolute Gasteiger partial charge is 0.508 e. The summed E-state index contributed by atoms with van der Waals surface area (Å²) in [5.74, 6) is -1.56. The lowest BCUT2D eigenvalue weighted by Gasteiger charge is -2.34. The Kier molecular flexibility index (Phi) is 10.6. The number of aromatic hydroxyl groups is 1. The van der Waals surface area contributed by atoms with Crippen LogP contribution in [-0.2, 0) is 33.6 Å². The SMILES string of the molecule is CC(C)[C@H](N)C(=O)N[C@@H](Cc1ccc(O)cc1)C(=O)N(CCc1ccccc1)[C@@H](Cc1ccccc1)C(N)=O. The Labute approximate surface area is 230 Å². The number of primary amides is 1. The van der Waals surface area contributed by atoms with E-state index in [0.29, 0.717) is 6.42 Å². The Balaban J connectivity index is 1.97. The molecule has 3 atom stereocenters. The van der Waals surface area contributed by atoms with E-state index in [-0.39, 0.29) is 31.1 Å². The molecule has 0 heterocycles. The third-order valence-corrected chi connectivity index (χ3v) is 6.76. The van der Waals surface area contributed by atoms with Crippen LogP contribution in [-0.4, -0.2) is 52.4 Å². The molecule has 39 heavy (non-hydrogen) atoms. The van der Waals surface area contributed by atoms with Crippen LogP contribution in [0.25, 0.3) is 0 Å². The standard InChI is InChI=1S/C31H38N4O4/c1-21(2)28(32)30(38)34-26(19-24-13-15-25(36)16-14-24)31(39)35(18-17-22-9-5-3-6-10-22)27(29(33)37)20-23-11-7-4-8-12-23/h3-16,21,26-28,36H,17-20,32H2,1-2H3,(H2,33,37)(H,34,38)/t26-,27-,28-/m0/s1. The number of nitrogens with one attached hydrogen (secondary N) is 1. The molecule has 0 fully saturated rings. The Bertz CT molecular complexity index is 1220. The zero-order chi connectivity index (χ0) is 28.4. The molecule has 3 aromatic carbocycles. The zero-order valence-corrected chi connectivity index (χ0v) is 22.5. The summed E-state index contributed by atoms with van der Waals surface area (Å²) in [7, 11) is 0. The van der Waals surface area contributed by atoms with E-state index in [0.717, 1.165) is 16.7 Å². The van der Waals surface area contributed by atoms with Gasteiger partial charge in [-0.15, -0.1) is 0 Å². The molecule has 206 valence electrons. The van der Waals surface area contributed by atoms with Crippen LogP contribution >= 0.6 is 0 Å². The van der Waals surface area contributed by atoms with E-state index in [1.807, 2.05) is 74.5 Å². The van der Waals surface area contributed by atoms with Gasteiger partial charge in [0, 0.05) is 19.4 Å². The highest BCUT2D eigenvalue weighted by molar-refractivity contribution is 5.93. The fourth-order valence-corrected chi connectivity index (χ4v) is 4.35. The Morgan fingerprint density at radius 1 is 0.821 bits per heavy atom. The van der Waals surface area contributed by atoms with E-state index < -0.39 is 35.8 Å². The van der Waals surface area contributed by atoms with E-state index in [1.165, 1.54) is 17.0 Å². The molecule has 0 radical (unpaired) electrons. The summed E-state index contributed by atoms with van der Waals surface area (Å²) in [6.07, 6.45) is 0.882. The number of phenols is 1. The molecule has 3 amide bonds. The lowest BCUT2D eigenvalue weighted by atomic mass is 9.98. The number of amides is 3. The molecule has 3 aromatic rings. The van der Waals surface area contributed by atoms with Crippen LogP contribution in [0.4, 0.5) is 0 Å². The number of hydrogen-bond acceptors (Lipinski definition) is 5. The first-order chi connectivity index (χ1) is 18.7. The average molecular weight is 531 g/mol. The number of hydrogen-bond donors (Lipinski definition) is 4. The summed E-state index contributed by atoms with van der Waals surface area (Å²) in [5, 5.41) is 12.5. The molecule has 0 bridgehead atoms. The minimum Gasteiger partial charge on any atom is -0.508 e. The molecule has 3 rings (SSSR count). The highest BCUT2D eigenvalue weighted by Crippen LogP contribution is 2.17. The maximum Gasteiger partial charge on any atom is 0.246 e. The van der Waals surface area contributed by atoms with Crippen LogP contribution in [0, 0.1) is 5.92 Å². The fraction of sp³-hybridized carbons (Fsp3) is 0.323. The predicted octanol–water partition coefficient (Wildman–Crippen LogP) is 2.57. The summed E-state index contributed by atoms with van der Waals surface area (Å²) < 4.78 is 0. The first-order valence-corrected chi connectivity index (χ1v) is 13.2. The summed E-state index contributed by atoms with van der Waals surface area (Å²) in [5.41, 5.74) is 14.6.